The first-order valence-electron chi connectivity index (χ1n) is 7.59. The summed E-state index contributed by atoms with van der Waals surface area (Å²) in [6.45, 7) is 1.53. The van der Waals surface area contributed by atoms with Crippen molar-refractivity contribution in [2.24, 2.45) is 0 Å². The molecule has 0 aromatic heterocycles. The Labute approximate surface area is 142 Å². The average molecular weight is 354 g/mol. The Kier molecular flexibility index (Phi) is 6.03. The molecule has 0 unspecified atom stereocenters. The van der Waals surface area contributed by atoms with Crippen LogP contribution in [0.25, 0.3) is 11.1 Å². The van der Waals surface area contributed by atoms with Crippen LogP contribution in [-0.4, -0.2) is 30.9 Å². The molecule has 0 saturated heterocycles. The van der Waals surface area contributed by atoms with E-state index in [1.54, 1.807) is 13.0 Å². The Balaban J connectivity index is 2.45. The van der Waals surface area contributed by atoms with Crippen molar-refractivity contribution in [3.8, 4) is 16.9 Å². The predicted molar refractivity (Wildman–Crippen MR) is 85.4 cm³/mol. The van der Waals surface area contributed by atoms with E-state index in [0.717, 1.165) is 12.1 Å². The number of halogens is 3. The zero-order chi connectivity index (χ0) is 18.4. The van der Waals surface area contributed by atoms with Crippen molar-refractivity contribution in [1.29, 1.82) is 0 Å². The van der Waals surface area contributed by atoms with Crippen LogP contribution in [0.15, 0.2) is 42.5 Å². The Morgan fingerprint density at radius 2 is 1.84 bits per heavy atom. The lowest BCUT2D eigenvalue weighted by atomic mass is 10.0. The average Bonchev–Trinajstić information content (AvgIpc) is 2.59. The molecule has 0 heterocycles. The predicted octanol–water partition coefficient (Wildman–Crippen LogP) is 3.92. The second-order valence-corrected chi connectivity index (χ2v) is 5.08. The van der Waals surface area contributed by atoms with E-state index in [4.69, 9.17) is 14.6 Å². The molecule has 7 heteroatoms. The molecule has 0 aliphatic heterocycles. The summed E-state index contributed by atoms with van der Waals surface area (Å²) in [6.07, 6.45) is -4.45. The van der Waals surface area contributed by atoms with E-state index in [1.165, 1.54) is 24.3 Å². The summed E-state index contributed by atoms with van der Waals surface area (Å²) < 4.78 is 48.9. The van der Waals surface area contributed by atoms with E-state index in [1.807, 2.05) is 0 Å². The first kappa shape index (κ1) is 18.8. The van der Waals surface area contributed by atoms with Gasteiger partial charge >= 0.3 is 12.1 Å². The lowest BCUT2D eigenvalue weighted by Crippen LogP contribution is -2.10. The molecule has 2 rings (SSSR count). The standard InChI is InChI=1S/C18H17F3O4/c1-2-24-17(23)15-11-13(6-7-16(15)25-9-8-22)12-4-3-5-14(10-12)18(19,20)21/h3-7,10-11,22H,2,8-9H2,1H3. The molecule has 2 aromatic rings. The van der Waals surface area contributed by atoms with Crippen LogP contribution < -0.4 is 4.74 Å². The SMILES string of the molecule is CCOC(=O)c1cc(-c2cccc(C(F)(F)F)c2)ccc1OCCO. The monoisotopic (exact) mass is 354 g/mol. The number of carbonyl (C=O) groups is 1. The third-order valence-corrected chi connectivity index (χ3v) is 3.35. The highest BCUT2D eigenvalue weighted by atomic mass is 19.4. The normalized spacial score (nSPS) is 11.2. The summed E-state index contributed by atoms with van der Waals surface area (Å²) in [4.78, 5) is 12.1. The number of alkyl halides is 3. The second-order valence-electron chi connectivity index (χ2n) is 5.08. The largest absolute Gasteiger partial charge is 0.490 e. The summed E-state index contributed by atoms with van der Waals surface area (Å²) in [7, 11) is 0. The van der Waals surface area contributed by atoms with Gasteiger partial charge < -0.3 is 14.6 Å². The number of aliphatic hydroxyl groups excluding tert-OH is 1. The summed E-state index contributed by atoms with van der Waals surface area (Å²) in [6, 6.07) is 9.25. The van der Waals surface area contributed by atoms with E-state index < -0.39 is 17.7 Å². The minimum absolute atomic E-state index is 0.0185. The van der Waals surface area contributed by atoms with Crippen LogP contribution >= 0.6 is 0 Å². The highest BCUT2D eigenvalue weighted by molar-refractivity contribution is 5.94. The van der Waals surface area contributed by atoms with Crippen molar-refractivity contribution in [1.82, 2.24) is 0 Å². The number of hydrogen-bond acceptors (Lipinski definition) is 4. The third kappa shape index (κ3) is 4.73. The van der Waals surface area contributed by atoms with Crippen molar-refractivity contribution >= 4 is 5.97 Å². The fraction of sp³-hybridized carbons (Fsp3) is 0.278. The van der Waals surface area contributed by atoms with Crippen molar-refractivity contribution < 1.29 is 32.5 Å². The topological polar surface area (TPSA) is 55.8 Å². The quantitative estimate of drug-likeness (QED) is 0.799. The van der Waals surface area contributed by atoms with Crippen LogP contribution in [0.3, 0.4) is 0 Å². The van der Waals surface area contributed by atoms with Crippen LogP contribution in [0.2, 0.25) is 0 Å². The van der Waals surface area contributed by atoms with Crippen LogP contribution in [0.1, 0.15) is 22.8 Å². The lowest BCUT2D eigenvalue weighted by Gasteiger charge is -2.13. The smallest absolute Gasteiger partial charge is 0.416 e. The molecule has 0 atom stereocenters. The van der Waals surface area contributed by atoms with Crippen LogP contribution in [0.4, 0.5) is 13.2 Å². The van der Waals surface area contributed by atoms with E-state index >= 15 is 0 Å². The summed E-state index contributed by atoms with van der Waals surface area (Å²) in [5.74, 6) is -0.451. The number of ether oxygens (including phenoxy) is 2. The van der Waals surface area contributed by atoms with E-state index in [2.05, 4.69) is 0 Å². The molecule has 0 aliphatic carbocycles. The van der Waals surface area contributed by atoms with Gasteiger partial charge in [0.15, 0.2) is 0 Å². The fourth-order valence-electron chi connectivity index (χ4n) is 2.23. The van der Waals surface area contributed by atoms with Gasteiger partial charge in [0, 0.05) is 0 Å². The van der Waals surface area contributed by atoms with E-state index in [-0.39, 0.29) is 31.1 Å². The van der Waals surface area contributed by atoms with Gasteiger partial charge in [-0.3, -0.25) is 0 Å². The number of carbonyl (C=O) groups excluding carboxylic acids is 1. The van der Waals surface area contributed by atoms with Gasteiger partial charge in [-0.15, -0.1) is 0 Å². The highest BCUT2D eigenvalue weighted by Gasteiger charge is 2.30. The molecule has 0 radical (unpaired) electrons. The molecule has 0 fully saturated rings. The van der Waals surface area contributed by atoms with Crippen LogP contribution in [0, 0.1) is 0 Å². The van der Waals surface area contributed by atoms with Gasteiger partial charge in [-0.1, -0.05) is 18.2 Å². The number of esters is 1. The molecule has 0 bridgehead atoms. The zero-order valence-electron chi connectivity index (χ0n) is 13.5. The van der Waals surface area contributed by atoms with E-state index in [9.17, 15) is 18.0 Å². The van der Waals surface area contributed by atoms with Gasteiger partial charge in [0.25, 0.3) is 0 Å². The Morgan fingerprint density at radius 3 is 2.48 bits per heavy atom. The van der Waals surface area contributed by atoms with Crippen molar-refractivity contribution in [3.05, 3.63) is 53.6 Å². The molecule has 0 aliphatic rings. The maximum Gasteiger partial charge on any atom is 0.416 e. The van der Waals surface area contributed by atoms with Gasteiger partial charge in [-0.2, -0.15) is 13.2 Å². The number of rotatable bonds is 6. The minimum atomic E-state index is -4.45. The molecular formula is C18H17F3O4. The van der Waals surface area contributed by atoms with Crippen molar-refractivity contribution in [3.63, 3.8) is 0 Å². The molecule has 2 aromatic carbocycles. The van der Waals surface area contributed by atoms with Gasteiger partial charge in [0.05, 0.1) is 18.8 Å². The second kappa shape index (κ2) is 8.02. The molecule has 0 saturated carbocycles. The van der Waals surface area contributed by atoms with Crippen LogP contribution in [0.5, 0.6) is 5.75 Å². The maximum atomic E-state index is 12.9. The van der Waals surface area contributed by atoms with E-state index in [0.29, 0.717) is 11.1 Å². The Hall–Kier alpha value is -2.54. The Bertz CT molecular complexity index is 741. The summed E-state index contributed by atoms with van der Waals surface area (Å²) in [5, 5.41) is 8.85. The van der Waals surface area contributed by atoms with Crippen molar-refractivity contribution in [2.45, 2.75) is 13.1 Å². The highest BCUT2D eigenvalue weighted by Crippen LogP contribution is 2.33. The summed E-state index contributed by atoms with van der Waals surface area (Å²) >= 11 is 0. The first-order valence-corrected chi connectivity index (χ1v) is 7.59. The lowest BCUT2D eigenvalue weighted by molar-refractivity contribution is -0.137. The fourth-order valence-corrected chi connectivity index (χ4v) is 2.23. The number of benzene rings is 2. The van der Waals surface area contributed by atoms with Crippen LogP contribution in [-0.2, 0) is 10.9 Å². The molecule has 25 heavy (non-hydrogen) atoms. The minimum Gasteiger partial charge on any atom is -0.490 e. The van der Waals surface area contributed by atoms with Gasteiger partial charge in [-0.05, 0) is 42.3 Å². The third-order valence-electron chi connectivity index (χ3n) is 3.35. The maximum absolute atomic E-state index is 12.9. The zero-order valence-corrected chi connectivity index (χ0v) is 13.5. The molecule has 1 N–H and O–H groups in total. The molecule has 134 valence electrons. The molecule has 0 amide bonds. The number of hydrogen-bond donors (Lipinski definition) is 1. The van der Waals surface area contributed by atoms with Crippen molar-refractivity contribution in [2.75, 3.05) is 19.8 Å². The molecular weight excluding hydrogens is 337 g/mol. The number of aliphatic hydroxyl groups is 1. The van der Waals surface area contributed by atoms with Gasteiger partial charge in [0.1, 0.15) is 17.9 Å². The summed E-state index contributed by atoms with van der Waals surface area (Å²) in [5.41, 5.74) is 0.0492. The molecule has 0 spiro atoms. The Morgan fingerprint density at radius 1 is 1.12 bits per heavy atom. The van der Waals surface area contributed by atoms with Gasteiger partial charge in [-0.25, -0.2) is 4.79 Å². The first-order chi connectivity index (χ1) is 11.9. The van der Waals surface area contributed by atoms with Gasteiger partial charge in [0.2, 0.25) is 0 Å². The molecule has 4 nitrogen and oxygen atoms in total.